The van der Waals surface area contributed by atoms with Crippen LogP contribution in [-0.4, -0.2) is 24.1 Å². The molecule has 4 heterocycles. The van der Waals surface area contributed by atoms with Gasteiger partial charge in [0.2, 0.25) is 0 Å². The first-order chi connectivity index (χ1) is 30.3. The molecule has 5 heteroatoms. The molecular weight excluding hydrogens is 767 g/mol. The van der Waals surface area contributed by atoms with Crippen molar-refractivity contribution in [3.8, 4) is 45.0 Å². The molecule has 1 N–H and O–H groups in total. The van der Waals surface area contributed by atoms with Gasteiger partial charge >= 0.3 is 0 Å². The van der Waals surface area contributed by atoms with Crippen LogP contribution in [0, 0.1) is 13.8 Å². The Kier molecular flexibility index (Phi) is 8.68. The lowest BCUT2D eigenvalue weighted by atomic mass is 9.84. The fourth-order valence-corrected chi connectivity index (χ4v) is 9.82. The lowest BCUT2D eigenvalue weighted by molar-refractivity contribution is 0.591. The maximum Gasteiger partial charge on any atom is 0.147 e. The van der Waals surface area contributed by atoms with Gasteiger partial charge in [0.15, 0.2) is 0 Å². The quantitative estimate of drug-likeness (QED) is 0.188. The van der Waals surface area contributed by atoms with Gasteiger partial charge in [-0.3, -0.25) is 9.13 Å². The molecule has 0 aliphatic carbocycles. The van der Waals surface area contributed by atoms with E-state index in [0.717, 1.165) is 61.6 Å². The number of fused-ring (bicyclic) bond motifs is 7. The largest absolute Gasteiger partial charge is 0.354 e. The molecule has 0 radical (unpaired) electrons. The lowest BCUT2D eigenvalue weighted by Crippen LogP contribution is -2.12. The van der Waals surface area contributed by atoms with Gasteiger partial charge < -0.3 is 4.98 Å². The highest BCUT2D eigenvalue weighted by molar-refractivity contribution is 6.14. The highest BCUT2D eigenvalue weighted by Crippen LogP contribution is 2.43. The van der Waals surface area contributed by atoms with E-state index in [9.17, 15) is 0 Å². The van der Waals surface area contributed by atoms with E-state index in [-0.39, 0.29) is 10.8 Å². The lowest BCUT2D eigenvalue weighted by Gasteiger charge is -2.20. The third-order valence-electron chi connectivity index (χ3n) is 13.0. The predicted octanol–water partition coefficient (Wildman–Crippen LogP) is 15.4. The normalized spacial score (nSPS) is 12.4. The summed E-state index contributed by atoms with van der Waals surface area (Å²) < 4.78 is 4.74. The number of hydrogen-bond donors (Lipinski definition) is 1. The summed E-state index contributed by atoms with van der Waals surface area (Å²) in [6.07, 6.45) is 1.98. The molecule has 4 aromatic heterocycles. The Morgan fingerprint density at radius 1 is 0.524 bits per heavy atom. The minimum absolute atomic E-state index is 0.0148. The van der Waals surface area contributed by atoms with Gasteiger partial charge in [0.25, 0.3) is 0 Å². The standard InChI is InChI=1S/C58H51N5/c1-35-31-46(39-17-14-18-42(33-39)63-49-34-40(57(3,4)5)24-28-44(49)52-47(58(6,7)8)29-30-59-56(52)63)53-50(32-35)62(41-25-22-38(23-26-41)37-15-10-9-11-16-37)55(61-53)45-27-21-36(2)51-43-19-12-13-20-48(43)60-54(45)51/h9-34,60H,1-8H3. The molecule has 11 rings (SSSR count). The van der Waals surface area contributed by atoms with Crippen molar-refractivity contribution in [2.24, 2.45) is 0 Å². The van der Waals surface area contributed by atoms with Crippen LogP contribution in [0.5, 0.6) is 0 Å². The minimum Gasteiger partial charge on any atom is -0.354 e. The third-order valence-corrected chi connectivity index (χ3v) is 13.0. The molecule has 63 heavy (non-hydrogen) atoms. The second kappa shape index (κ2) is 14.1. The summed E-state index contributed by atoms with van der Waals surface area (Å²) in [6.45, 7) is 18.1. The summed E-state index contributed by atoms with van der Waals surface area (Å²) in [5.74, 6) is 0.896. The van der Waals surface area contributed by atoms with Crippen LogP contribution in [0.15, 0.2) is 158 Å². The first-order valence-electron chi connectivity index (χ1n) is 22.1. The second-order valence-electron chi connectivity index (χ2n) is 19.4. The smallest absolute Gasteiger partial charge is 0.147 e. The number of H-pyrrole nitrogens is 1. The number of benzene rings is 7. The molecule has 308 valence electrons. The number of imidazole rings is 1. The van der Waals surface area contributed by atoms with Gasteiger partial charge in [0.1, 0.15) is 11.5 Å². The molecule has 0 amide bonds. The molecule has 11 aromatic rings. The third kappa shape index (κ3) is 6.28. The molecule has 0 aliphatic heterocycles. The first-order valence-corrected chi connectivity index (χ1v) is 22.1. The van der Waals surface area contributed by atoms with E-state index in [4.69, 9.17) is 9.97 Å². The van der Waals surface area contributed by atoms with Crippen LogP contribution >= 0.6 is 0 Å². The zero-order valence-electron chi connectivity index (χ0n) is 37.3. The van der Waals surface area contributed by atoms with Gasteiger partial charge in [-0.15, -0.1) is 0 Å². The zero-order valence-corrected chi connectivity index (χ0v) is 37.3. The van der Waals surface area contributed by atoms with E-state index in [1.807, 2.05) is 6.20 Å². The molecule has 5 nitrogen and oxygen atoms in total. The Hall–Kier alpha value is -7.24. The fourth-order valence-electron chi connectivity index (χ4n) is 9.82. The van der Waals surface area contributed by atoms with Crippen LogP contribution < -0.4 is 0 Å². The first kappa shape index (κ1) is 38.7. The predicted molar refractivity (Wildman–Crippen MR) is 266 cm³/mol. The average Bonchev–Trinajstić information content (AvgIpc) is 3.96. The summed E-state index contributed by atoms with van der Waals surface area (Å²) in [7, 11) is 0. The van der Waals surface area contributed by atoms with Crippen molar-refractivity contribution in [2.45, 2.75) is 66.2 Å². The van der Waals surface area contributed by atoms with Crippen molar-refractivity contribution in [1.82, 2.24) is 24.1 Å². The van der Waals surface area contributed by atoms with Gasteiger partial charge in [-0.25, -0.2) is 9.97 Å². The van der Waals surface area contributed by atoms with Gasteiger partial charge in [-0.05, 0) is 124 Å². The monoisotopic (exact) mass is 817 g/mol. The Morgan fingerprint density at radius 3 is 2.05 bits per heavy atom. The number of rotatable bonds is 5. The van der Waals surface area contributed by atoms with Crippen LogP contribution in [0.2, 0.25) is 0 Å². The van der Waals surface area contributed by atoms with E-state index >= 15 is 0 Å². The topological polar surface area (TPSA) is 51.4 Å². The molecule has 0 bridgehead atoms. The number of aromatic amines is 1. The van der Waals surface area contributed by atoms with Crippen molar-refractivity contribution >= 4 is 54.8 Å². The summed E-state index contributed by atoms with van der Waals surface area (Å²) in [5, 5.41) is 4.89. The van der Waals surface area contributed by atoms with E-state index in [2.05, 4.69) is 221 Å². The van der Waals surface area contributed by atoms with E-state index in [1.165, 1.54) is 60.4 Å². The fraction of sp³-hybridized carbons (Fsp3) is 0.172. The zero-order chi connectivity index (χ0) is 43.4. The van der Waals surface area contributed by atoms with Gasteiger partial charge in [0.05, 0.1) is 22.1 Å². The SMILES string of the molecule is Cc1cc(-c2cccc(-n3c4cc(C(C)(C)C)ccc4c4c(C(C)(C)C)ccnc43)c2)c2nc(-c3ccc(C)c4c3[nH]c3ccccc34)n(-c3ccc(-c4ccccc4)cc3)c2c1. The van der Waals surface area contributed by atoms with Crippen molar-refractivity contribution in [1.29, 1.82) is 0 Å². The van der Waals surface area contributed by atoms with Crippen LogP contribution in [0.1, 0.15) is 63.8 Å². The number of hydrogen-bond acceptors (Lipinski definition) is 2. The number of nitrogens with zero attached hydrogens (tertiary/aromatic N) is 4. The maximum atomic E-state index is 5.70. The van der Waals surface area contributed by atoms with Crippen LogP contribution in [0.4, 0.5) is 0 Å². The molecule has 0 saturated heterocycles. The van der Waals surface area contributed by atoms with E-state index in [1.54, 1.807) is 0 Å². The second-order valence-corrected chi connectivity index (χ2v) is 19.4. The Labute approximate surface area is 368 Å². The molecule has 0 saturated carbocycles. The van der Waals surface area contributed by atoms with Gasteiger partial charge in [0, 0.05) is 55.8 Å². The number of pyridine rings is 1. The number of nitrogens with one attached hydrogen (secondary N) is 1. The van der Waals surface area contributed by atoms with Crippen LogP contribution in [-0.2, 0) is 10.8 Å². The molecule has 0 spiro atoms. The van der Waals surface area contributed by atoms with Gasteiger partial charge in [-0.2, -0.15) is 0 Å². The van der Waals surface area contributed by atoms with Gasteiger partial charge in [-0.1, -0.05) is 133 Å². The maximum absolute atomic E-state index is 5.70. The molecule has 0 atom stereocenters. The minimum atomic E-state index is -0.0632. The van der Waals surface area contributed by atoms with Crippen LogP contribution in [0.3, 0.4) is 0 Å². The highest BCUT2D eigenvalue weighted by Gasteiger charge is 2.26. The Bertz CT molecular complexity index is 3580. The number of aromatic nitrogens is 5. The summed E-state index contributed by atoms with van der Waals surface area (Å²) in [4.78, 5) is 14.6. The molecular formula is C58H51N5. The van der Waals surface area contributed by atoms with E-state index in [0.29, 0.717) is 0 Å². The van der Waals surface area contributed by atoms with Crippen molar-refractivity contribution in [2.75, 3.05) is 0 Å². The molecule has 7 aromatic carbocycles. The Morgan fingerprint density at radius 2 is 1.27 bits per heavy atom. The average molecular weight is 818 g/mol. The van der Waals surface area contributed by atoms with Crippen molar-refractivity contribution in [3.05, 3.63) is 180 Å². The molecule has 0 fully saturated rings. The van der Waals surface area contributed by atoms with Crippen molar-refractivity contribution in [3.63, 3.8) is 0 Å². The van der Waals surface area contributed by atoms with E-state index < -0.39 is 0 Å². The molecule has 0 aliphatic rings. The number of para-hydroxylation sites is 1. The molecule has 0 unspecified atom stereocenters. The van der Waals surface area contributed by atoms with Crippen molar-refractivity contribution < 1.29 is 0 Å². The number of aryl methyl sites for hydroxylation is 2. The van der Waals surface area contributed by atoms with Crippen LogP contribution in [0.25, 0.3) is 99.8 Å². The summed E-state index contributed by atoms with van der Waals surface area (Å²) in [6, 6.07) is 55.3. The Balaban J connectivity index is 1.17. The summed E-state index contributed by atoms with van der Waals surface area (Å²) in [5.41, 5.74) is 19.0. The highest BCUT2D eigenvalue weighted by atomic mass is 15.1. The summed E-state index contributed by atoms with van der Waals surface area (Å²) >= 11 is 0.